The molecule has 1 radical (unpaired) electrons. The van der Waals surface area contributed by atoms with Crippen LogP contribution in [0.1, 0.15) is 23.1 Å². The Kier molecular flexibility index (Phi) is 5.90. The summed E-state index contributed by atoms with van der Waals surface area (Å²) < 4.78 is 0. The molecule has 0 aliphatic rings. The summed E-state index contributed by atoms with van der Waals surface area (Å²) in [5.74, 6) is -0.979. The van der Waals surface area contributed by atoms with E-state index in [1.54, 1.807) is 49.6 Å². The molecule has 0 saturated heterocycles. The lowest BCUT2D eigenvalue weighted by molar-refractivity contribution is -0.115. The zero-order valence-electron chi connectivity index (χ0n) is 12.9. The van der Waals surface area contributed by atoms with Crippen molar-refractivity contribution in [2.24, 2.45) is 0 Å². The molecule has 7 heteroatoms. The Labute approximate surface area is 138 Å². The molecule has 121 valence electrons. The van der Waals surface area contributed by atoms with Crippen LogP contribution in [-0.4, -0.2) is 34.6 Å². The molecule has 0 aromatic carbocycles. The van der Waals surface area contributed by atoms with Crippen LogP contribution in [0.15, 0.2) is 54.5 Å². The monoisotopic (exact) mass is 323 g/mol. The molecule has 0 fully saturated rings. The van der Waals surface area contributed by atoms with Crippen LogP contribution >= 0.6 is 0 Å². The van der Waals surface area contributed by atoms with Gasteiger partial charge in [0.1, 0.15) is 5.69 Å². The lowest BCUT2D eigenvalue weighted by Gasteiger charge is -2.12. The molecule has 2 amide bonds. The highest BCUT2D eigenvalue weighted by atomic mass is 16.2. The quantitative estimate of drug-likeness (QED) is 0.768. The molecule has 2 heterocycles. The number of pyridine rings is 2. The first-order valence-electron chi connectivity index (χ1n) is 7.11. The van der Waals surface area contributed by atoms with Crippen LogP contribution in [0.5, 0.6) is 0 Å². The maximum Gasteiger partial charge on any atom is 0.274 e. The SMILES string of the molecule is C/C(NC(=O)c1ccccn1)=C(\C(=O)NC[C]=O)c1ccccn1. The lowest BCUT2D eigenvalue weighted by Crippen LogP contribution is -2.30. The molecule has 0 atom stereocenters. The fourth-order valence-electron chi connectivity index (χ4n) is 1.99. The van der Waals surface area contributed by atoms with Crippen LogP contribution in [0.2, 0.25) is 0 Å². The number of carbonyl (C=O) groups excluding carboxylic acids is 3. The maximum atomic E-state index is 12.3. The third kappa shape index (κ3) is 4.33. The zero-order valence-corrected chi connectivity index (χ0v) is 12.9. The second-order valence-electron chi connectivity index (χ2n) is 4.71. The summed E-state index contributed by atoms with van der Waals surface area (Å²) in [5.41, 5.74) is 1.06. The smallest absolute Gasteiger partial charge is 0.274 e. The van der Waals surface area contributed by atoms with Crippen LogP contribution in [0.4, 0.5) is 0 Å². The van der Waals surface area contributed by atoms with Gasteiger partial charge < -0.3 is 10.6 Å². The summed E-state index contributed by atoms with van der Waals surface area (Å²) in [4.78, 5) is 42.9. The molecule has 2 aromatic heterocycles. The summed E-state index contributed by atoms with van der Waals surface area (Å²) in [7, 11) is 0. The third-order valence-electron chi connectivity index (χ3n) is 3.04. The average molecular weight is 323 g/mol. The highest BCUT2D eigenvalue weighted by Crippen LogP contribution is 2.15. The summed E-state index contributed by atoms with van der Waals surface area (Å²) in [5, 5.41) is 5.03. The van der Waals surface area contributed by atoms with Crippen LogP contribution in [-0.2, 0) is 9.59 Å². The van der Waals surface area contributed by atoms with Gasteiger partial charge in [0.25, 0.3) is 11.8 Å². The second kappa shape index (κ2) is 8.33. The predicted molar refractivity (Wildman–Crippen MR) is 87.2 cm³/mol. The fourth-order valence-corrected chi connectivity index (χ4v) is 1.99. The van der Waals surface area contributed by atoms with Gasteiger partial charge in [-0.3, -0.25) is 24.4 Å². The van der Waals surface area contributed by atoms with E-state index in [4.69, 9.17) is 0 Å². The number of nitrogens with one attached hydrogen (secondary N) is 2. The molecule has 2 aromatic rings. The third-order valence-corrected chi connectivity index (χ3v) is 3.04. The number of nitrogens with zero attached hydrogens (tertiary/aromatic N) is 2. The van der Waals surface area contributed by atoms with Crippen LogP contribution < -0.4 is 10.6 Å². The normalized spacial score (nSPS) is 11.2. The van der Waals surface area contributed by atoms with E-state index < -0.39 is 11.8 Å². The highest BCUT2D eigenvalue weighted by molar-refractivity contribution is 6.20. The highest BCUT2D eigenvalue weighted by Gasteiger charge is 2.18. The van der Waals surface area contributed by atoms with E-state index in [9.17, 15) is 14.4 Å². The van der Waals surface area contributed by atoms with Crippen molar-refractivity contribution in [3.8, 4) is 0 Å². The number of rotatable bonds is 6. The number of hydrogen-bond acceptors (Lipinski definition) is 5. The van der Waals surface area contributed by atoms with Crippen molar-refractivity contribution >= 4 is 23.7 Å². The van der Waals surface area contributed by atoms with E-state index in [2.05, 4.69) is 20.6 Å². The molecule has 24 heavy (non-hydrogen) atoms. The van der Waals surface area contributed by atoms with E-state index in [-0.39, 0.29) is 17.8 Å². The van der Waals surface area contributed by atoms with Crippen molar-refractivity contribution in [2.45, 2.75) is 6.92 Å². The number of carbonyl (C=O) groups is 2. The molecular weight excluding hydrogens is 308 g/mol. The molecule has 0 saturated carbocycles. The Bertz CT molecular complexity index is 758. The molecule has 2 N–H and O–H groups in total. The Morgan fingerprint density at radius 2 is 1.67 bits per heavy atom. The fraction of sp³-hybridized carbons (Fsp3) is 0.118. The van der Waals surface area contributed by atoms with Crippen molar-refractivity contribution in [3.05, 3.63) is 65.9 Å². The van der Waals surface area contributed by atoms with Gasteiger partial charge in [0, 0.05) is 18.1 Å². The average Bonchev–Trinajstić information content (AvgIpc) is 2.61. The Morgan fingerprint density at radius 1 is 1.04 bits per heavy atom. The van der Waals surface area contributed by atoms with Gasteiger partial charge in [-0.05, 0) is 31.2 Å². The van der Waals surface area contributed by atoms with Crippen molar-refractivity contribution in [3.63, 3.8) is 0 Å². The Morgan fingerprint density at radius 3 is 2.21 bits per heavy atom. The van der Waals surface area contributed by atoms with Crippen molar-refractivity contribution in [2.75, 3.05) is 6.54 Å². The molecule has 7 nitrogen and oxygen atoms in total. The van der Waals surface area contributed by atoms with Gasteiger partial charge in [-0.25, -0.2) is 0 Å². The van der Waals surface area contributed by atoms with Gasteiger partial charge in [-0.15, -0.1) is 0 Å². The largest absolute Gasteiger partial charge is 0.344 e. The first-order chi connectivity index (χ1) is 11.6. The number of aromatic nitrogens is 2. The molecule has 0 aliphatic heterocycles. The summed E-state index contributed by atoms with van der Waals surface area (Å²) in [6.07, 6.45) is 4.62. The minimum atomic E-state index is -0.532. The van der Waals surface area contributed by atoms with Crippen molar-refractivity contribution in [1.29, 1.82) is 0 Å². The van der Waals surface area contributed by atoms with Crippen molar-refractivity contribution in [1.82, 2.24) is 20.6 Å². The van der Waals surface area contributed by atoms with E-state index >= 15 is 0 Å². The summed E-state index contributed by atoms with van der Waals surface area (Å²) in [6, 6.07) is 10.0. The summed E-state index contributed by atoms with van der Waals surface area (Å²) in [6.45, 7) is 1.33. The van der Waals surface area contributed by atoms with Crippen LogP contribution in [0.25, 0.3) is 5.57 Å². The minimum absolute atomic E-state index is 0.162. The molecule has 0 unspecified atom stereocenters. The van der Waals surface area contributed by atoms with Gasteiger partial charge in [0.15, 0.2) is 0 Å². The first kappa shape index (κ1) is 17.0. The zero-order chi connectivity index (χ0) is 17.4. The van der Waals surface area contributed by atoms with Gasteiger partial charge in [0.05, 0.1) is 17.8 Å². The maximum absolute atomic E-state index is 12.3. The van der Waals surface area contributed by atoms with E-state index in [1.165, 1.54) is 12.4 Å². The standard InChI is InChI=1S/C17H15N4O3/c1-12(21-16(23)14-7-3-5-9-19-14)15(17(24)20-10-11-22)13-6-2-4-8-18-13/h2-9H,10H2,1H3,(H,20,24)(H,21,23)/b15-12+. The van der Waals surface area contributed by atoms with Gasteiger partial charge in [-0.1, -0.05) is 12.1 Å². The predicted octanol–water partition coefficient (Wildman–Crippen LogP) is 0.863. The van der Waals surface area contributed by atoms with Crippen molar-refractivity contribution < 1.29 is 14.4 Å². The number of hydrogen-bond donors (Lipinski definition) is 2. The minimum Gasteiger partial charge on any atom is -0.344 e. The van der Waals surface area contributed by atoms with Gasteiger partial charge >= 0.3 is 0 Å². The van der Waals surface area contributed by atoms with Gasteiger partial charge in [-0.2, -0.15) is 0 Å². The first-order valence-corrected chi connectivity index (χ1v) is 7.11. The second-order valence-corrected chi connectivity index (χ2v) is 4.71. The van der Waals surface area contributed by atoms with E-state index in [1.807, 2.05) is 0 Å². The number of allylic oxidation sites excluding steroid dienone is 1. The topological polar surface area (TPSA) is 101 Å². The molecule has 0 aliphatic carbocycles. The molecule has 0 spiro atoms. The van der Waals surface area contributed by atoms with Gasteiger partial charge in [0.2, 0.25) is 6.29 Å². The van der Waals surface area contributed by atoms with Crippen LogP contribution in [0, 0.1) is 0 Å². The van der Waals surface area contributed by atoms with E-state index in [0.29, 0.717) is 11.4 Å². The molecule has 0 bridgehead atoms. The van der Waals surface area contributed by atoms with Crippen LogP contribution in [0.3, 0.4) is 0 Å². The lowest BCUT2D eigenvalue weighted by atomic mass is 10.1. The Balaban J connectivity index is 2.33. The van der Waals surface area contributed by atoms with E-state index in [0.717, 1.165) is 0 Å². The number of amides is 2. The Hall–Kier alpha value is -3.35. The molecule has 2 rings (SSSR count). The molecular formula is C17H15N4O3. The summed E-state index contributed by atoms with van der Waals surface area (Å²) >= 11 is 0.